The van der Waals surface area contributed by atoms with E-state index in [-0.39, 0.29) is 12.1 Å². The molecule has 6 heteroatoms. The zero-order valence-electron chi connectivity index (χ0n) is 21.0. The molecule has 1 aliphatic heterocycles. The second kappa shape index (κ2) is 9.47. The molecule has 2 amide bonds. The van der Waals surface area contributed by atoms with Crippen LogP contribution in [0, 0.1) is 6.92 Å². The summed E-state index contributed by atoms with van der Waals surface area (Å²) in [6.07, 6.45) is 2.84. The maximum atomic E-state index is 14.1. The van der Waals surface area contributed by atoms with Gasteiger partial charge in [0.05, 0.1) is 29.7 Å². The smallest absolute Gasteiger partial charge is 0.308 e. The number of benzene rings is 3. The average Bonchev–Trinajstić information content (AvgIpc) is 3.52. The molecular formula is C31H29N5O. The van der Waals surface area contributed by atoms with E-state index in [1.165, 1.54) is 0 Å². The lowest BCUT2D eigenvalue weighted by Crippen LogP contribution is -2.38. The number of urea groups is 1. The summed E-state index contributed by atoms with van der Waals surface area (Å²) >= 11 is 0. The Balaban J connectivity index is 1.56. The van der Waals surface area contributed by atoms with Gasteiger partial charge in [-0.1, -0.05) is 73.7 Å². The molecule has 1 atom stereocenters. The van der Waals surface area contributed by atoms with Crippen molar-refractivity contribution in [2.45, 2.75) is 32.9 Å². The maximum absolute atomic E-state index is 14.1. The lowest BCUT2D eigenvalue weighted by Gasteiger charge is -2.31. The van der Waals surface area contributed by atoms with Crippen molar-refractivity contribution in [1.82, 2.24) is 19.2 Å². The molecule has 0 saturated carbocycles. The average molecular weight is 488 g/mol. The van der Waals surface area contributed by atoms with Crippen LogP contribution in [0.15, 0.2) is 103 Å². The molecule has 0 spiro atoms. The van der Waals surface area contributed by atoms with Gasteiger partial charge >= 0.3 is 6.03 Å². The van der Waals surface area contributed by atoms with Crippen molar-refractivity contribution >= 4 is 11.7 Å². The largest absolute Gasteiger partial charge is 0.322 e. The van der Waals surface area contributed by atoms with E-state index >= 15 is 0 Å². The molecule has 1 N–H and O–H groups in total. The quantitative estimate of drug-likeness (QED) is 0.308. The number of carbonyl (C=O) groups is 1. The number of hydrogen-bond donors (Lipinski definition) is 1. The van der Waals surface area contributed by atoms with Crippen LogP contribution in [0.25, 0.3) is 11.5 Å². The molecule has 37 heavy (non-hydrogen) atoms. The fraction of sp³-hybridized carbons (Fsp3) is 0.161. The lowest BCUT2D eigenvalue weighted by atomic mass is 10.0. The van der Waals surface area contributed by atoms with Crippen LogP contribution < -0.4 is 5.32 Å². The molecule has 3 heterocycles. The molecule has 0 saturated heterocycles. The zero-order chi connectivity index (χ0) is 25.4. The minimum Gasteiger partial charge on any atom is -0.308 e. The van der Waals surface area contributed by atoms with E-state index in [4.69, 9.17) is 5.10 Å². The lowest BCUT2D eigenvalue weighted by molar-refractivity contribution is 0.194. The summed E-state index contributed by atoms with van der Waals surface area (Å²) in [7, 11) is 0. The van der Waals surface area contributed by atoms with Crippen molar-refractivity contribution in [3.63, 3.8) is 0 Å². The molecule has 1 aliphatic rings. The van der Waals surface area contributed by atoms with Crippen LogP contribution in [0.2, 0.25) is 0 Å². The Bertz CT molecular complexity index is 1550. The first kappa shape index (κ1) is 22.9. The first-order valence-corrected chi connectivity index (χ1v) is 12.7. The third-order valence-electron chi connectivity index (χ3n) is 7.07. The summed E-state index contributed by atoms with van der Waals surface area (Å²) in [6.45, 7) is 4.56. The van der Waals surface area contributed by atoms with E-state index < -0.39 is 0 Å². The number of nitrogens with zero attached hydrogens (tertiary/aromatic N) is 4. The summed E-state index contributed by atoms with van der Waals surface area (Å²) < 4.78 is 4.22. The summed E-state index contributed by atoms with van der Waals surface area (Å²) in [5.41, 5.74) is 6.96. The van der Waals surface area contributed by atoms with Gasteiger partial charge in [0.2, 0.25) is 0 Å². The van der Waals surface area contributed by atoms with E-state index in [0.29, 0.717) is 6.54 Å². The van der Waals surface area contributed by atoms with E-state index in [2.05, 4.69) is 53.3 Å². The highest BCUT2D eigenvalue weighted by molar-refractivity contribution is 5.91. The van der Waals surface area contributed by atoms with Gasteiger partial charge in [-0.3, -0.25) is 0 Å². The Labute approximate surface area is 216 Å². The molecule has 0 aliphatic carbocycles. The van der Waals surface area contributed by atoms with Gasteiger partial charge in [-0.15, -0.1) is 0 Å². The van der Waals surface area contributed by atoms with Crippen LogP contribution in [0.1, 0.15) is 41.0 Å². The Hall–Kier alpha value is -4.58. The Morgan fingerprint density at radius 2 is 1.62 bits per heavy atom. The van der Waals surface area contributed by atoms with Crippen LogP contribution in [-0.2, 0) is 13.0 Å². The van der Waals surface area contributed by atoms with Crippen molar-refractivity contribution in [3.8, 4) is 11.5 Å². The highest BCUT2D eigenvalue weighted by Gasteiger charge is 2.36. The van der Waals surface area contributed by atoms with Gasteiger partial charge in [0.25, 0.3) is 0 Å². The minimum absolute atomic E-state index is 0.140. The van der Waals surface area contributed by atoms with Gasteiger partial charge in [-0.2, -0.15) is 5.10 Å². The zero-order valence-corrected chi connectivity index (χ0v) is 21.0. The van der Waals surface area contributed by atoms with E-state index in [9.17, 15) is 4.79 Å². The van der Waals surface area contributed by atoms with E-state index in [1.54, 1.807) is 0 Å². The monoisotopic (exact) mass is 487 g/mol. The summed E-state index contributed by atoms with van der Waals surface area (Å²) in [4.78, 5) is 16.0. The predicted molar refractivity (Wildman–Crippen MR) is 146 cm³/mol. The highest BCUT2D eigenvalue weighted by atomic mass is 16.2. The molecule has 0 unspecified atom stereocenters. The fourth-order valence-corrected chi connectivity index (χ4v) is 5.23. The Kier molecular flexibility index (Phi) is 5.85. The third kappa shape index (κ3) is 4.00. The number of carbonyl (C=O) groups excluding carboxylic acids is 1. The second-order valence-electron chi connectivity index (χ2n) is 9.34. The van der Waals surface area contributed by atoms with Gasteiger partial charge in [0.1, 0.15) is 5.82 Å². The Morgan fingerprint density at radius 3 is 2.35 bits per heavy atom. The van der Waals surface area contributed by atoms with Gasteiger partial charge in [-0.25, -0.2) is 9.48 Å². The number of nitrogens with one attached hydrogen (secondary N) is 1. The van der Waals surface area contributed by atoms with Gasteiger partial charge in [0.15, 0.2) is 0 Å². The van der Waals surface area contributed by atoms with Crippen molar-refractivity contribution in [3.05, 3.63) is 131 Å². The number of aromatic nitrogens is 3. The number of amides is 2. The summed E-state index contributed by atoms with van der Waals surface area (Å²) in [6, 6.07) is 32.1. The molecule has 184 valence electrons. The molecule has 6 nitrogen and oxygen atoms in total. The molecule has 6 rings (SSSR count). The first-order chi connectivity index (χ1) is 18.2. The van der Waals surface area contributed by atoms with Crippen molar-refractivity contribution in [2.24, 2.45) is 0 Å². The molecule has 2 aromatic heterocycles. The van der Waals surface area contributed by atoms with Crippen molar-refractivity contribution < 1.29 is 4.79 Å². The number of rotatable bonds is 4. The fourth-order valence-electron chi connectivity index (χ4n) is 5.23. The van der Waals surface area contributed by atoms with Gasteiger partial charge in [-0.05, 0) is 54.8 Å². The molecular weight excluding hydrogens is 458 g/mol. The third-order valence-corrected chi connectivity index (χ3v) is 7.07. The number of aryl methyl sites for hydroxylation is 2. The predicted octanol–water partition coefficient (Wildman–Crippen LogP) is 6.67. The number of anilines is 1. The van der Waals surface area contributed by atoms with Crippen LogP contribution in [0.5, 0.6) is 0 Å². The normalized spacial score (nSPS) is 14.5. The van der Waals surface area contributed by atoms with Gasteiger partial charge in [0, 0.05) is 17.4 Å². The minimum atomic E-state index is -0.276. The molecule has 0 fully saturated rings. The SMILES string of the molecule is CCc1nn(-c2ccccc2)c2c1CN(C(=O)Nc1ccccc1C)[C@@H](c1ccccc1)c1cccn1-2. The van der Waals surface area contributed by atoms with E-state index in [1.807, 2.05) is 83.2 Å². The maximum Gasteiger partial charge on any atom is 0.322 e. The van der Waals surface area contributed by atoms with Crippen LogP contribution >= 0.6 is 0 Å². The summed E-state index contributed by atoms with van der Waals surface area (Å²) in [5, 5.41) is 8.22. The van der Waals surface area contributed by atoms with Crippen LogP contribution in [-0.4, -0.2) is 25.3 Å². The van der Waals surface area contributed by atoms with Crippen molar-refractivity contribution in [2.75, 3.05) is 5.32 Å². The highest BCUT2D eigenvalue weighted by Crippen LogP contribution is 2.39. The topological polar surface area (TPSA) is 55.1 Å². The standard InChI is InChI=1S/C31H29N5O/c1-3-26-25-21-35(31(37)32-27-18-11-10-13-22(27)2)29(23-14-6-4-7-15-23)28-19-12-20-34(28)30(25)36(33-26)24-16-8-5-9-17-24/h4-20,29H,3,21H2,1-2H3,(H,32,37)/t29-/m0/s1. The second-order valence-corrected chi connectivity index (χ2v) is 9.34. The molecule has 3 aromatic carbocycles. The van der Waals surface area contributed by atoms with Crippen LogP contribution in [0.4, 0.5) is 10.5 Å². The van der Waals surface area contributed by atoms with Crippen molar-refractivity contribution in [1.29, 1.82) is 0 Å². The Morgan fingerprint density at radius 1 is 0.919 bits per heavy atom. The van der Waals surface area contributed by atoms with Crippen LogP contribution in [0.3, 0.4) is 0 Å². The first-order valence-electron chi connectivity index (χ1n) is 12.7. The molecule has 0 radical (unpaired) electrons. The number of hydrogen-bond acceptors (Lipinski definition) is 2. The number of fused-ring (bicyclic) bond motifs is 3. The molecule has 0 bridgehead atoms. The van der Waals surface area contributed by atoms with Gasteiger partial charge < -0.3 is 14.8 Å². The summed E-state index contributed by atoms with van der Waals surface area (Å²) in [5.74, 6) is 0.982. The van der Waals surface area contributed by atoms with E-state index in [0.717, 1.165) is 51.7 Å². The molecule has 5 aromatic rings. The number of para-hydroxylation sites is 2.